The van der Waals surface area contributed by atoms with E-state index in [2.05, 4.69) is 0 Å². The Kier molecular flexibility index (Phi) is 4.07. The van der Waals surface area contributed by atoms with Crippen LogP contribution in [0.4, 0.5) is 0 Å². The molecule has 0 aliphatic rings. The van der Waals surface area contributed by atoms with Crippen molar-refractivity contribution in [3.8, 4) is 11.8 Å². The van der Waals surface area contributed by atoms with Crippen LogP contribution in [0.15, 0.2) is 12.1 Å². The van der Waals surface area contributed by atoms with E-state index in [1.54, 1.807) is 12.1 Å². The van der Waals surface area contributed by atoms with Gasteiger partial charge in [0, 0.05) is 5.56 Å². The normalized spacial score (nSPS) is 9.62. The fraction of sp³-hybridized carbons (Fsp3) is 0.385. The van der Waals surface area contributed by atoms with E-state index in [0.717, 1.165) is 16.9 Å². The number of nitriles is 1. The molecule has 0 spiro atoms. The third-order valence-electron chi connectivity index (χ3n) is 2.31. The van der Waals surface area contributed by atoms with Crippen molar-refractivity contribution >= 4 is 5.78 Å². The molecule has 16 heavy (non-hydrogen) atoms. The van der Waals surface area contributed by atoms with Crippen molar-refractivity contribution in [3.63, 3.8) is 0 Å². The summed E-state index contributed by atoms with van der Waals surface area (Å²) < 4.78 is 5.49. The molecule has 1 aromatic rings. The van der Waals surface area contributed by atoms with Crippen molar-refractivity contribution in [2.24, 2.45) is 0 Å². The molecule has 3 heteroatoms. The molecule has 0 heterocycles. The quantitative estimate of drug-likeness (QED) is 0.728. The maximum atomic E-state index is 11.6. The van der Waals surface area contributed by atoms with E-state index in [1.807, 2.05) is 26.8 Å². The van der Waals surface area contributed by atoms with E-state index in [1.165, 1.54) is 0 Å². The van der Waals surface area contributed by atoms with Crippen molar-refractivity contribution in [2.75, 3.05) is 6.61 Å². The molecule has 1 rings (SSSR count). The predicted molar refractivity (Wildman–Crippen MR) is 61.6 cm³/mol. The number of carbonyl (C=O) groups excluding carboxylic acids is 1. The van der Waals surface area contributed by atoms with Crippen LogP contribution in [0.2, 0.25) is 0 Å². The third kappa shape index (κ3) is 2.60. The van der Waals surface area contributed by atoms with Crippen LogP contribution in [0.3, 0.4) is 0 Å². The van der Waals surface area contributed by atoms with Gasteiger partial charge in [-0.15, -0.1) is 0 Å². The summed E-state index contributed by atoms with van der Waals surface area (Å²) in [7, 11) is 0. The standard InChI is InChI=1S/C13H15NO2/c1-4-16-13-9(2)7-11(8-10(13)3)12(15)5-6-14/h7-8H,4-5H2,1-3H3. The number of nitrogens with zero attached hydrogens (tertiary/aromatic N) is 1. The lowest BCUT2D eigenvalue weighted by atomic mass is 10.0. The van der Waals surface area contributed by atoms with Gasteiger partial charge in [-0.3, -0.25) is 4.79 Å². The Labute approximate surface area is 95.7 Å². The largest absolute Gasteiger partial charge is 0.493 e. The summed E-state index contributed by atoms with van der Waals surface area (Å²) in [6, 6.07) is 5.41. The number of ketones is 1. The molecule has 1 aromatic carbocycles. The Morgan fingerprint density at radius 1 is 1.38 bits per heavy atom. The van der Waals surface area contributed by atoms with Crippen LogP contribution in [-0.4, -0.2) is 12.4 Å². The van der Waals surface area contributed by atoms with Crippen LogP contribution in [0.5, 0.6) is 5.75 Å². The van der Waals surface area contributed by atoms with Crippen LogP contribution in [-0.2, 0) is 0 Å². The van der Waals surface area contributed by atoms with Gasteiger partial charge < -0.3 is 4.74 Å². The van der Waals surface area contributed by atoms with E-state index >= 15 is 0 Å². The first-order chi connectivity index (χ1) is 7.60. The highest BCUT2D eigenvalue weighted by molar-refractivity contribution is 5.97. The van der Waals surface area contributed by atoms with Crippen molar-refractivity contribution in [1.29, 1.82) is 5.26 Å². The van der Waals surface area contributed by atoms with Gasteiger partial charge in [0.1, 0.15) is 5.75 Å². The van der Waals surface area contributed by atoms with E-state index < -0.39 is 0 Å². The maximum absolute atomic E-state index is 11.6. The molecule has 0 amide bonds. The van der Waals surface area contributed by atoms with E-state index in [-0.39, 0.29) is 12.2 Å². The fourth-order valence-electron chi connectivity index (χ4n) is 1.66. The Balaban J connectivity index is 3.10. The molecule has 0 fully saturated rings. The van der Waals surface area contributed by atoms with Crippen LogP contribution in [0, 0.1) is 25.2 Å². The summed E-state index contributed by atoms with van der Waals surface area (Å²) in [5, 5.41) is 8.48. The molecule has 0 bridgehead atoms. The molecule has 3 nitrogen and oxygen atoms in total. The molecule has 0 saturated heterocycles. The minimum absolute atomic E-state index is 0.0765. The highest BCUT2D eigenvalue weighted by Crippen LogP contribution is 2.25. The third-order valence-corrected chi connectivity index (χ3v) is 2.31. The highest BCUT2D eigenvalue weighted by Gasteiger charge is 2.10. The zero-order chi connectivity index (χ0) is 12.1. The number of benzene rings is 1. The summed E-state index contributed by atoms with van der Waals surface area (Å²) >= 11 is 0. The van der Waals surface area contributed by atoms with Gasteiger partial charge in [0.25, 0.3) is 0 Å². The molecular formula is C13H15NO2. The number of aryl methyl sites for hydroxylation is 2. The number of carbonyl (C=O) groups is 1. The minimum atomic E-state index is -0.142. The SMILES string of the molecule is CCOc1c(C)cc(C(=O)CC#N)cc1C. The van der Waals surface area contributed by atoms with Crippen molar-refractivity contribution in [1.82, 2.24) is 0 Å². The average Bonchev–Trinajstić information content (AvgIpc) is 2.23. The molecule has 0 aliphatic heterocycles. The van der Waals surface area contributed by atoms with Gasteiger partial charge in [0.2, 0.25) is 0 Å². The van der Waals surface area contributed by atoms with Gasteiger partial charge in [0.05, 0.1) is 19.1 Å². The maximum Gasteiger partial charge on any atom is 0.176 e. The lowest BCUT2D eigenvalue weighted by Crippen LogP contribution is -2.02. The Morgan fingerprint density at radius 2 is 1.94 bits per heavy atom. The van der Waals surface area contributed by atoms with Gasteiger partial charge in [-0.1, -0.05) is 0 Å². The Hall–Kier alpha value is -1.82. The summed E-state index contributed by atoms with van der Waals surface area (Å²) in [4.78, 5) is 11.6. The van der Waals surface area contributed by atoms with Crippen molar-refractivity contribution in [2.45, 2.75) is 27.2 Å². The first kappa shape index (κ1) is 12.3. The van der Waals surface area contributed by atoms with E-state index in [0.29, 0.717) is 12.2 Å². The van der Waals surface area contributed by atoms with Crippen LogP contribution in [0.1, 0.15) is 34.8 Å². The number of ether oxygens (including phenoxy) is 1. The van der Waals surface area contributed by atoms with Crippen molar-refractivity contribution < 1.29 is 9.53 Å². The smallest absolute Gasteiger partial charge is 0.176 e. The molecule has 0 aliphatic carbocycles. The Bertz CT molecular complexity index is 421. The molecule has 0 atom stereocenters. The minimum Gasteiger partial charge on any atom is -0.493 e. The zero-order valence-electron chi connectivity index (χ0n) is 9.83. The second kappa shape index (κ2) is 5.32. The summed E-state index contributed by atoms with van der Waals surface area (Å²) in [5.41, 5.74) is 2.45. The molecule has 0 N–H and O–H groups in total. The van der Waals surface area contributed by atoms with Crippen LogP contribution in [0.25, 0.3) is 0 Å². The lowest BCUT2D eigenvalue weighted by molar-refractivity contribution is 0.0997. The van der Waals surface area contributed by atoms with Crippen LogP contribution >= 0.6 is 0 Å². The second-order valence-electron chi connectivity index (χ2n) is 3.63. The summed E-state index contributed by atoms with van der Waals surface area (Å²) in [6.07, 6.45) is -0.0765. The molecule has 0 saturated carbocycles. The summed E-state index contributed by atoms with van der Waals surface area (Å²) in [6.45, 7) is 6.34. The fourth-order valence-corrected chi connectivity index (χ4v) is 1.66. The van der Waals surface area contributed by atoms with Gasteiger partial charge in [-0.25, -0.2) is 0 Å². The summed E-state index contributed by atoms with van der Waals surface area (Å²) in [5.74, 6) is 0.688. The van der Waals surface area contributed by atoms with Gasteiger partial charge in [-0.2, -0.15) is 5.26 Å². The van der Waals surface area contributed by atoms with Gasteiger partial charge >= 0.3 is 0 Å². The van der Waals surface area contributed by atoms with E-state index in [9.17, 15) is 4.79 Å². The number of hydrogen-bond acceptors (Lipinski definition) is 3. The number of Topliss-reactive ketones (excluding diaryl/α,β-unsaturated/α-hetero) is 1. The average molecular weight is 217 g/mol. The molecule has 0 unspecified atom stereocenters. The first-order valence-corrected chi connectivity index (χ1v) is 5.24. The van der Waals surface area contributed by atoms with Crippen LogP contribution < -0.4 is 4.74 Å². The molecule has 0 radical (unpaired) electrons. The first-order valence-electron chi connectivity index (χ1n) is 5.24. The molecular weight excluding hydrogens is 202 g/mol. The van der Waals surface area contributed by atoms with Gasteiger partial charge in [0.15, 0.2) is 5.78 Å². The molecule has 0 aromatic heterocycles. The predicted octanol–water partition coefficient (Wildman–Crippen LogP) is 2.80. The second-order valence-corrected chi connectivity index (χ2v) is 3.63. The van der Waals surface area contributed by atoms with E-state index in [4.69, 9.17) is 10.00 Å². The number of rotatable bonds is 4. The highest BCUT2D eigenvalue weighted by atomic mass is 16.5. The van der Waals surface area contributed by atoms with Crippen molar-refractivity contribution in [3.05, 3.63) is 28.8 Å². The lowest BCUT2D eigenvalue weighted by Gasteiger charge is -2.11. The zero-order valence-corrected chi connectivity index (χ0v) is 9.83. The Morgan fingerprint density at radius 3 is 2.38 bits per heavy atom. The monoisotopic (exact) mass is 217 g/mol. The number of hydrogen-bond donors (Lipinski definition) is 0. The van der Waals surface area contributed by atoms with Gasteiger partial charge in [-0.05, 0) is 44.0 Å². The molecule has 84 valence electrons. The topological polar surface area (TPSA) is 50.1 Å².